The van der Waals surface area contributed by atoms with Gasteiger partial charge < -0.3 is 19.7 Å². The standard InChI is InChI=1S/C24H20N2O5/c1-15-21-14-18(10-13-20(21)22(27)31-26-15)25-23(28)24(29,16-6-4-3-5-7-16)17-8-11-19(30-2)12-9-17/h3-14,29H,1-2H3,(H,25,28). The molecule has 156 valence electrons. The summed E-state index contributed by atoms with van der Waals surface area (Å²) in [6.45, 7) is 1.70. The minimum atomic E-state index is -1.95. The molecule has 1 unspecified atom stereocenters. The maximum atomic E-state index is 13.4. The molecule has 4 rings (SSSR count). The van der Waals surface area contributed by atoms with Crippen LogP contribution in [-0.4, -0.2) is 23.3 Å². The van der Waals surface area contributed by atoms with Crippen molar-refractivity contribution in [1.82, 2.24) is 5.16 Å². The van der Waals surface area contributed by atoms with Crippen LogP contribution in [0, 0.1) is 6.92 Å². The molecule has 0 saturated heterocycles. The van der Waals surface area contributed by atoms with E-state index in [4.69, 9.17) is 9.26 Å². The molecule has 1 heterocycles. The van der Waals surface area contributed by atoms with Crippen LogP contribution in [0.4, 0.5) is 5.69 Å². The first-order valence-electron chi connectivity index (χ1n) is 9.57. The Kier molecular flexibility index (Phi) is 5.27. The Morgan fingerprint density at radius 3 is 2.35 bits per heavy atom. The zero-order valence-corrected chi connectivity index (χ0v) is 17.0. The van der Waals surface area contributed by atoms with Crippen molar-refractivity contribution in [3.63, 3.8) is 0 Å². The van der Waals surface area contributed by atoms with E-state index in [-0.39, 0.29) is 0 Å². The molecule has 2 N–H and O–H groups in total. The third-order valence-electron chi connectivity index (χ3n) is 5.18. The van der Waals surface area contributed by atoms with E-state index < -0.39 is 17.1 Å². The Labute approximate surface area is 177 Å². The molecule has 0 aliphatic carbocycles. The molecule has 1 amide bonds. The smallest absolute Gasteiger partial charge is 0.366 e. The van der Waals surface area contributed by atoms with Crippen molar-refractivity contribution in [1.29, 1.82) is 0 Å². The largest absolute Gasteiger partial charge is 0.497 e. The predicted octanol–water partition coefficient (Wildman–Crippen LogP) is 3.38. The van der Waals surface area contributed by atoms with Crippen LogP contribution in [0.2, 0.25) is 0 Å². The number of hydrogen-bond acceptors (Lipinski definition) is 6. The summed E-state index contributed by atoms with van der Waals surface area (Å²) in [4.78, 5) is 25.3. The van der Waals surface area contributed by atoms with Crippen LogP contribution in [0.25, 0.3) is 10.8 Å². The zero-order valence-electron chi connectivity index (χ0n) is 17.0. The maximum Gasteiger partial charge on any atom is 0.366 e. The second-order valence-corrected chi connectivity index (χ2v) is 7.07. The van der Waals surface area contributed by atoms with Crippen LogP contribution in [0.5, 0.6) is 5.75 Å². The number of carbonyl (C=O) groups is 1. The van der Waals surface area contributed by atoms with Crippen LogP contribution in [-0.2, 0) is 10.4 Å². The van der Waals surface area contributed by atoms with Crippen molar-refractivity contribution < 1.29 is 19.2 Å². The molecule has 4 aromatic rings. The molecule has 7 heteroatoms. The molecule has 0 bridgehead atoms. The molecule has 0 spiro atoms. The molecule has 0 saturated carbocycles. The number of anilines is 1. The van der Waals surface area contributed by atoms with Crippen LogP contribution >= 0.6 is 0 Å². The van der Waals surface area contributed by atoms with Crippen molar-refractivity contribution in [2.75, 3.05) is 12.4 Å². The number of rotatable bonds is 5. The Morgan fingerprint density at radius 2 is 1.68 bits per heavy atom. The van der Waals surface area contributed by atoms with Gasteiger partial charge in [-0.25, -0.2) is 4.79 Å². The summed E-state index contributed by atoms with van der Waals surface area (Å²) in [7, 11) is 1.54. The lowest BCUT2D eigenvalue weighted by atomic mass is 9.85. The number of nitrogens with zero attached hydrogens (tertiary/aromatic N) is 1. The molecule has 31 heavy (non-hydrogen) atoms. The number of ether oxygens (including phenoxy) is 1. The molecule has 0 aliphatic heterocycles. The molecule has 7 nitrogen and oxygen atoms in total. The fourth-order valence-electron chi connectivity index (χ4n) is 3.47. The molecule has 3 aromatic carbocycles. The van der Waals surface area contributed by atoms with Gasteiger partial charge in [-0.3, -0.25) is 4.79 Å². The van der Waals surface area contributed by atoms with Crippen LogP contribution in [0.15, 0.2) is 82.1 Å². The second kappa shape index (κ2) is 8.04. The summed E-state index contributed by atoms with van der Waals surface area (Å²) in [5, 5.41) is 19.0. The SMILES string of the molecule is COc1ccc(C(O)(C(=O)Nc2ccc3c(=O)onc(C)c3c2)c2ccccc2)cc1. The highest BCUT2D eigenvalue weighted by molar-refractivity contribution is 6.01. The highest BCUT2D eigenvalue weighted by atomic mass is 16.5. The average molecular weight is 416 g/mol. The first-order chi connectivity index (χ1) is 14.9. The third-order valence-corrected chi connectivity index (χ3v) is 5.18. The van der Waals surface area contributed by atoms with Crippen molar-refractivity contribution in [2.45, 2.75) is 12.5 Å². The topological polar surface area (TPSA) is 102 Å². The van der Waals surface area contributed by atoms with E-state index in [1.807, 2.05) is 0 Å². The molecule has 0 aliphatic rings. The molecular weight excluding hydrogens is 396 g/mol. The number of aromatic nitrogens is 1. The number of hydrogen-bond donors (Lipinski definition) is 2. The number of methoxy groups -OCH3 is 1. The highest BCUT2D eigenvalue weighted by Crippen LogP contribution is 2.32. The highest BCUT2D eigenvalue weighted by Gasteiger charge is 2.40. The van der Waals surface area contributed by atoms with Crippen molar-refractivity contribution in [2.24, 2.45) is 0 Å². The zero-order chi connectivity index (χ0) is 22.0. The lowest BCUT2D eigenvalue weighted by molar-refractivity contribution is -0.131. The first-order valence-corrected chi connectivity index (χ1v) is 9.57. The predicted molar refractivity (Wildman–Crippen MR) is 116 cm³/mol. The minimum Gasteiger partial charge on any atom is -0.497 e. The van der Waals surface area contributed by atoms with Crippen LogP contribution in [0.1, 0.15) is 16.8 Å². The number of carbonyl (C=O) groups excluding carboxylic acids is 1. The van der Waals surface area contributed by atoms with Gasteiger partial charge in [0.05, 0.1) is 18.2 Å². The Bertz CT molecular complexity index is 1300. The lowest BCUT2D eigenvalue weighted by Crippen LogP contribution is -2.41. The number of aliphatic hydroxyl groups is 1. The minimum absolute atomic E-state index is 0.360. The normalized spacial score (nSPS) is 12.9. The summed E-state index contributed by atoms with van der Waals surface area (Å²) in [6, 6.07) is 20.1. The summed E-state index contributed by atoms with van der Waals surface area (Å²) in [5.41, 5.74) is -0.785. The number of benzene rings is 3. The van der Waals surface area contributed by atoms with Crippen molar-refractivity contribution >= 4 is 22.4 Å². The van der Waals surface area contributed by atoms with Crippen molar-refractivity contribution in [3.05, 3.63) is 100 Å². The number of nitrogens with one attached hydrogen (secondary N) is 1. The van der Waals surface area contributed by atoms with Gasteiger partial charge in [0.2, 0.25) is 0 Å². The average Bonchev–Trinajstić information content (AvgIpc) is 2.81. The van der Waals surface area contributed by atoms with Gasteiger partial charge in [-0.15, -0.1) is 0 Å². The van der Waals surface area contributed by atoms with Gasteiger partial charge in [0.1, 0.15) is 5.75 Å². The summed E-state index contributed by atoms with van der Waals surface area (Å²) in [6.07, 6.45) is 0. The van der Waals surface area contributed by atoms with E-state index in [0.717, 1.165) is 0 Å². The van der Waals surface area contributed by atoms with Crippen LogP contribution < -0.4 is 15.7 Å². The Balaban J connectivity index is 1.77. The summed E-state index contributed by atoms with van der Waals surface area (Å²) < 4.78 is 9.92. The Hall–Kier alpha value is -3.97. The molecule has 0 fully saturated rings. The Morgan fingerprint density at radius 1 is 1.00 bits per heavy atom. The monoisotopic (exact) mass is 416 g/mol. The van der Waals surface area contributed by atoms with Crippen LogP contribution in [0.3, 0.4) is 0 Å². The van der Waals surface area contributed by atoms with E-state index in [2.05, 4.69) is 10.5 Å². The van der Waals surface area contributed by atoms with E-state index >= 15 is 0 Å². The van der Waals surface area contributed by atoms with Gasteiger partial charge in [-0.2, -0.15) is 0 Å². The number of amides is 1. The fourth-order valence-corrected chi connectivity index (χ4v) is 3.47. The fraction of sp³-hybridized carbons (Fsp3) is 0.125. The van der Waals surface area contributed by atoms with E-state index in [0.29, 0.717) is 39.0 Å². The van der Waals surface area contributed by atoms with Crippen molar-refractivity contribution in [3.8, 4) is 5.75 Å². The molecular formula is C24H20N2O5. The number of fused-ring (bicyclic) bond motifs is 1. The maximum absolute atomic E-state index is 13.4. The van der Waals surface area contributed by atoms with Gasteiger partial charge in [0.25, 0.3) is 5.91 Å². The van der Waals surface area contributed by atoms with Gasteiger partial charge in [-0.1, -0.05) is 47.6 Å². The summed E-state index contributed by atoms with van der Waals surface area (Å²) in [5.74, 6) is -0.0345. The lowest BCUT2D eigenvalue weighted by Gasteiger charge is -2.28. The first kappa shape index (κ1) is 20.3. The number of aryl methyl sites for hydroxylation is 1. The van der Waals surface area contributed by atoms with Gasteiger partial charge >= 0.3 is 5.63 Å². The van der Waals surface area contributed by atoms with Gasteiger partial charge in [0.15, 0.2) is 5.60 Å². The second-order valence-electron chi connectivity index (χ2n) is 7.07. The third kappa shape index (κ3) is 3.67. The summed E-state index contributed by atoms with van der Waals surface area (Å²) >= 11 is 0. The van der Waals surface area contributed by atoms with Gasteiger partial charge in [0, 0.05) is 11.1 Å². The molecule has 1 atom stereocenters. The quantitative estimate of drug-likeness (QED) is 0.517. The molecule has 1 aromatic heterocycles. The van der Waals surface area contributed by atoms with Gasteiger partial charge in [-0.05, 0) is 48.4 Å². The van der Waals surface area contributed by atoms with E-state index in [1.165, 1.54) is 0 Å². The molecule has 0 radical (unpaired) electrons. The van der Waals surface area contributed by atoms with E-state index in [9.17, 15) is 14.7 Å². The van der Waals surface area contributed by atoms with E-state index in [1.54, 1.807) is 86.8 Å².